The third-order valence-electron chi connectivity index (χ3n) is 4.46. The van der Waals surface area contributed by atoms with E-state index in [2.05, 4.69) is 20.8 Å². The van der Waals surface area contributed by atoms with E-state index in [9.17, 15) is 4.79 Å². The standard InChI is InChI=1S/C16H18N4O3/c1-10-17-14(20-23-10)16(6-2-7-16)19-15(21)18-12-3-4-13-11(9-12)5-8-22-13/h3-4,9H,2,5-8H2,1H3,(H2,18,19,21). The summed E-state index contributed by atoms with van der Waals surface area (Å²) < 4.78 is 10.5. The van der Waals surface area contributed by atoms with Crippen LogP contribution in [0.3, 0.4) is 0 Å². The van der Waals surface area contributed by atoms with Crippen molar-refractivity contribution in [1.82, 2.24) is 15.5 Å². The number of fused-ring (bicyclic) bond motifs is 1. The Morgan fingerprint density at radius 3 is 2.91 bits per heavy atom. The average molecular weight is 314 g/mol. The van der Waals surface area contributed by atoms with E-state index in [1.807, 2.05) is 18.2 Å². The van der Waals surface area contributed by atoms with Crippen molar-refractivity contribution in [2.75, 3.05) is 11.9 Å². The van der Waals surface area contributed by atoms with Gasteiger partial charge in [-0.05, 0) is 43.0 Å². The Morgan fingerprint density at radius 2 is 2.22 bits per heavy atom. The molecule has 2 aromatic rings. The number of aromatic nitrogens is 2. The monoisotopic (exact) mass is 314 g/mol. The number of carbonyl (C=O) groups is 1. The Bertz CT molecular complexity index is 752. The van der Waals surface area contributed by atoms with Crippen molar-refractivity contribution < 1.29 is 14.1 Å². The fourth-order valence-electron chi connectivity index (χ4n) is 3.07. The van der Waals surface area contributed by atoms with E-state index in [1.165, 1.54) is 0 Å². The van der Waals surface area contributed by atoms with E-state index in [4.69, 9.17) is 9.26 Å². The molecule has 1 aromatic heterocycles. The van der Waals surface area contributed by atoms with Crippen LogP contribution in [0.5, 0.6) is 5.75 Å². The van der Waals surface area contributed by atoms with Crippen molar-refractivity contribution in [2.45, 2.75) is 38.1 Å². The van der Waals surface area contributed by atoms with Crippen molar-refractivity contribution in [3.63, 3.8) is 0 Å². The molecule has 2 N–H and O–H groups in total. The van der Waals surface area contributed by atoms with Crippen LogP contribution >= 0.6 is 0 Å². The Hall–Kier alpha value is -2.57. The molecule has 2 heterocycles. The molecule has 1 aliphatic carbocycles. The number of ether oxygens (including phenoxy) is 1. The second-order valence-corrected chi connectivity index (χ2v) is 6.07. The first-order valence-corrected chi connectivity index (χ1v) is 7.80. The van der Waals surface area contributed by atoms with Crippen molar-refractivity contribution in [2.24, 2.45) is 0 Å². The summed E-state index contributed by atoms with van der Waals surface area (Å²) in [5.74, 6) is 1.96. The summed E-state index contributed by atoms with van der Waals surface area (Å²) in [6, 6.07) is 5.43. The highest BCUT2D eigenvalue weighted by atomic mass is 16.5. The Labute approximate surface area is 133 Å². The maximum absolute atomic E-state index is 12.4. The second-order valence-electron chi connectivity index (χ2n) is 6.07. The molecule has 1 aliphatic heterocycles. The van der Waals surface area contributed by atoms with Crippen LogP contribution in [-0.4, -0.2) is 22.8 Å². The predicted molar refractivity (Wildman–Crippen MR) is 82.4 cm³/mol. The first-order chi connectivity index (χ1) is 11.1. The predicted octanol–water partition coefficient (Wildman–Crippen LogP) is 2.51. The van der Waals surface area contributed by atoms with Crippen LogP contribution in [0.1, 0.15) is 36.5 Å². The van der Waals surface area contributed by atoms with Gasteiger partial charge >= 0.3 is 6.03 Å². The zero-order valence-corrected chi connectivity index (χ0v) is 12.9. The topological polar surface area (TPSA) is 89.3 Å². The zero-order chi connectivity index (χ0) is 15.9. The lowest BCUT2D eigenvalue weighted by Crippen LogP contribution is -2.52. The van der Waals surface area contributed by atoms with Crippen LogP contribution in [0.15, 0.2) is 22.7 Å². The lowest BCUT2D eigenvalue weighted by molar-refractivity contribution is 0.171. The van der Waals surface area contributed by atoms with Gasteiger partial charge in [0.1, 0.15) is 11.3 Å². The van der Waals surface area contributed by atoms with E-state index in [0.29, 0.717) is 18.3 Å². The van der Waals surface area contributed by atoms with E-state index >= 15 is 0 Å². The van der Waals surface area contributed by atoms with Crippen LogP contribution in [-0.2, 0) is 12.0 Å². The highest BCUT2D eigenvalue weighted by Gasteiger charge is 2.44. The highest BCUT2D eigenvalue weighted by molar-refractivity contribution is 5.90. The molecule has 2 aliphatic rings. The molecule has 1 aromatic carbocycles. The SMILES string of the molecule is Cc1nc(C2(NC(=O)Nc3ccc4c(c3)CCO4)CCC2)no1. The molecule has 0 radical (unpaired) electrons. The third kappa shape index (κ3) is 2.52. The van der Waals surface area contributed by atoms with Gasteiger partial charge in [-0.25, -0.2) is 4.79 Å². The van der Waals surface area contributed by atoms with Crippen LogP contribution < -0.4 is 15.4 Å². The van der Waals surface area contributed by atoms with Crippen molar-refractivity contribution >= 4 is 11.7 Å². The van der Waals surface area contributed by atoms with E-state index in [1.54, 1.807) is 6.92 Å². The molecule has 7 heteroatoms. The molecular formula is C16H18N4O3. The van der Waals surface area contributed by atoms with E-state index in [0.717, 1.165) is 42.7 Å². The fourth-order valence-corrected chi connectivity index (χ4v) is 3.07. The van der Waals surface area contributed by atoms with Gasteiger partial charge in [-0.1, -0.05) is 5.16 Å². The molecule has 1 saturated carbocycles. The van der Waals surface area contributed by atoms with Gasteiger partial charge in [0, 0.05) is 19.0 Å². The van der Waals surface area contributed by atoms with E-state index in [-0.39, 0.29) is 6.03 Å². The zero-order valence-electron chi connectivity index (χ0n) is 12.9. The molecule has 0 unspecified atom stereocenters. The van der Waals surface area contributed by atoms with Crippen molar-refractivity contribution in [3.8, 4) is 5.75 Å². The Kier molecular flexibility index (Phi) is 3.21. The second kappa shape index (κ2) is 5.26. The number of anilines is 1. The lowest BCUT2D eigenvalue weighted by atomic mass is 9.76. The van der Waals surface area contributed by atoms with Crippen LogP contribution in [0.25, 0.3) is 0 Å². The van der Waals surface area contributed by atoms with Gasteiger partial charge in [-0.2, -0.15) is 4.98 Å². The molecule has 23 heavy (non-hydrogen) atoms. The summed E-state index contributed by atoms with van der Waals surface area (Å²) in [6.45, 7) is 2.45. The summed E-state index contributed by atoms with van der Waals surface area (Å²) in [5, 5.41) is 9.86. The summed E-state index contributed by atoms with van der Waals surface area (Å²) in [4.78, 5) is 16.6. The highest BCUT2D eigenvalue weighted by Crippen LogP contribution is 2.39. The molecular weight excluding hydrogens is 296 g/mol. The van der Waals surface area contributed by atoms with Gasteiger partial charge in [0.2, 0.25) is 5.89 Å². The largest absolute Gasteiger partial charge is 0.493 e. The van der Waals surface area contributed by atoms with Crippen molar-refractivity contribution in [1.29, 1.82) is 0 Å². The van der Waals surface area contributed by atoms with Gasteiger partial charge in [0.15, 0.2) is 5.82 Å². The molecule has 4 rings (SSSR count). The maximum Gasteiger partial charge on any atom is 0.320 e. The van der Waals surface area contributed by atoms with Crippen LogP contribution in [0.4, 0.5) is 10.5 Å². The number of carbonyl (C=O) groups excluding carboxylic acids is 1. The average Bonchev–Trinajstić information content (AvgIpc) is 3.11. The molecule has 7 nitrogen and oxygen atoms in total. The maximum atomic E-state index is 12.4. The van der Waals surface area contributed by atoms with Gasteiger partial charge in [0.05, 0.1) is 6.61 Å². The molecule has 0 spiro atoms. The van der Waals surface area contributed by atoms with Crippen molar-refractivity contribution in [3.05, 3.63) is 35.5 Å². The molecule has 2 amide bonds. The first-order valence-electron chi connectivity index (χ1n) is 7.80. The number of aryl methyl sites for hydroxylation is 1. The fraction of sp³-hybridized carbons (Fsp3) is 0.438. The molecule has 0 atom stereocenters. The number of benzene rings is 1. The third-order valence-corrected chi connectivity index (χ3v) is 4.46. The van der Waals surface area contributed by atoms with Crippen LogP contribution in [0, 0.1) is 6.92 Å². The number of hydrogen-bond donors (Lipinski definition) is 2. The summed E-state index contributed by atoms with van der Waals surface area (Å²) >= 11 is 0. The number of urea groups is 1. The lowest BCUT2D eigenvalue weighted by Gasteiger charge is -2.39. The molecule has 0 saturated heterocycles. The summed E-state index contributed by atoms with van der Waals surface area (Å²) in [6.07, 6.45) is 3.54. The minimum Gasteiger partial charge on any atom is -0.493 e. The van der Waals surface area contributed by atoms with Gasteiger partial charge < -0.3 is 19.9 Å². The summed E-state index contributed by atoms with van der Waals surface area (Å²) in [5.41, 5.74) is 1.36. The van der Waals surface area contributed by atoms with E-state index < -0.39 is 5.54 Å². The summed E-state index contributed by atoms with van der Waals surface area (Å²) in [7, 11) is 0. The number of hydrogen-bond acceptors (Lipinski definition) is 5. The van der Waals surface area contributed by atoms with Gasteiger partial charge in [0.25, 0.3) is 0 Å². The minimum atomic E-state index is -0.512. The van der Waals surface area contributed by atoms with Crippen LogP contribution in [0.2, 0.25) is 0 Å². The minimum absolute atomic E-state index is 0.258. The normalized spacial score (nSPS) is 17.8. The van der Waals surface area contributed by atoms with Gasteiger partial charge in [-0.15, -0.1) is 0 Å². The molecule has 0 bridgehead atoms. The van der Waals surface area contributed by atoms with Gasteiger partial charge in [-0.3, -0.25) is 0 Å². The Morgan fingerprint density at radius 1 is 1.35 bits per heavy atom. The number of nitrogens with zero attached hydrogens (tertiary/aromatic N) is 2. The smallest absolute Gasteiger partial charge is 0.320 e. The molecule has 1 fully saturated rings. The quantitative estimate of drug-likeness (QED) is 0.908. The molecule has 120 valence electrons. The first kappa shape index (κ1) is 14.0. The Balaban J connectivity index is 1.47. The number of nitrogens with one attached hydrogen (secondary N) is 2. The number of amides is 2. The number of rotatable bonds is 3.